The van der Waals surface area contributed by atoms with Gasteiger partial charge < -0.3 is 5.32 Å². The Bertz CT molecular complexity index is 877. The van der Waals surface area contributed by atoms with Crippen molar-refractivity contribution < 1.29 is 0 Å². The molecule has 0 aliphatic heterocycles. The van der Waals surface area contributed by atoms with Crippen LogP contribution in [0.3, 0.4) is 0 Å². The highest BCUT2D eigenvalue weighted by atomic mass is 35.5. The van der Waals surface area contributed by atoms with Crippen molar-refractivity contribution in [1.29, 1.82) is 5.41 Å². The summed E-state index contributed by atoms with van der Waals surface area (Å²) in [7, 11) is 0. The molecule has 3 rings (SSSR count). The molecule has 0 spiro atoms. The van der Waals surface area contributed by atoms with Gasteiger partial charge in [-0.2, -0.15) is 0 Å². The number of rotatable bonds is 5. The van der Waals surface area contributed by atoms with Crippen LogP contribution in [-0.2, 0) is 0 Å². The molecule has 1 heterocycles. The van der Waals surface area contributed by atoms with Crippen LogP contribution in [0.4, 0.5) is 5.82 Å². The summed E-state index contributed by atoms with van der Waals surface area (Å²) in [6.45, 7) is 3.65. The molecule has 2 aromatic carbocycles. The average Bonchev–Trinajstić information content (AvgIpc) is 2.63. The van der Waals surface area contributed by atoms with E-state index in [1.807, 2.05) is 60.7 Å². The van der Waals surface area contributed by atoms with Gasteiger partial charge in [0.2, 0.25) is 0 Å². The van der Waals surface area contributed by atoms with Crippen LogP contribution >= 0.6 is 11.6 Å². The Morgan fingerprint density at radius 3 is 2.25 bits per heavy atom. The van der Waals surface area contributed by atoms with E-state index in [2.05, 4.69) is 22.1 Å². The highest BCUT2D eigenvalue weighted by Gasteiger charge is 2.20. The average molecular weight is 335 g/mol. The van der Waals surface area contributed by atoms with Crippen molar-refractivity contribution in [3.05, 3.63) is 89.6 Å². The minimum absolute atomic E-state index is 0.275. The monoisotopic (exact) mass is 334 g/mol. The second-order valence-corrected chi connectivity index (χ2v) is 5.42. The standard InChI is InChI=1S/C19H15ClN4/c1-2-22-19-15(17(21)13-9-5-3-6-10-13)16(20)18(23-24-19)14-11-7-4-8-12-14/h2-12,21H,1H2,(H,22,24). The highest BCUT2D eigenvalue weighted by Crippen LogP contribution is 2.33. The minimum atomic E-state index is 0.275. The van der Waals surface area contributed by atoms with Crippen LogP contribution in [0.5, 0.6) is 0 Å². The van der Waals surface area contributed by atoms with Gasteiger partial charge in [0, 0.05) is 11.1 Å². The quantitative estimate of drug-likeness (QED) is 0.661. The zero-order valence-corrected chi connectivity index (χ0v) is 13.6. The van der Waals surface area contributed by atoms with Crippen LogP contribution in [0.25, 0.3) is 11.3 Å². The summed E-state index contributed by atoms with van der Waals surface area (Å²) in [6.07, 6.45) is 1.49. The minimum Gasteiger partial charge on any atom is -0.345 e. The number of hydrogen-bond donors (Lipinski definition) is 2. The topological polar surface area (TPSA) is 61.7 Å². The van der Waals surface area contributed by atoms with E-state index >= 15 is 0 Å². The van der Waals surface area contributed by atoms with Crippen LogP contribution in [-0.4, -0.2) is 15.9 Å². The number of halogens is 1. The van der Waals surface area contributed by atoms with Crippen molar-refractivity contribution in [2.45, 2.75) is 0 Å². The van der Waals surface area contributed by atoms with Crippen molar-refractivity contribution >= 4 is 23.1 Å². The smallest absolute Gasteiger partial charge is 0.163 e. The molecule has 1 aromatic heterocycles. The van der Waals surface area contributed by atoms with Gasteiger partial charge in [-0.25, -0.2) is 0 Å². The molecule has 0 bridgehead atoms. The number of nitrogens with zero attached hydrogens (tertiary/aromatic N) is 2. The predicted octanol–water partition coefficient (Wildman–Crippen LogP) is 4.77. The normalized spacial score (nSPS) is 10.2. The first-order chi connectivity index (χ1) is 11.7. The van der Waals surface area contributed by atoms with Gasteiger partial charge in [0.05, 0.1) is 16.3 Å². The number of hydrogen-bond acceptors (Lipinski definition) is 4. The van der Waals surface area contributed by atoms with Gasteiger partial charge in [-0.3, -0.25) is 5.41 Å². The molecule has 2 N–H and O–H groups in total. The zero-order valence-electron chi connectivity index (χ0n) is 12.8. The molecule has 0 amide bonds. The van der Waals surface area contributed by atoms with Crippen LogP contribution in [0.15, 0.2) is 73.4 Å². The fourth-order valence-corrected chi connectivity index (χ4v) is 2.70. The van der Waals surface area contributed by atoms with E-state index in [0.717, 1.165) is 11.1 Å². The van der Waals surface area contributed by atoms with E-state index in [-0.39, 0.29) is 5.71 Å². The summed E-state index contributed by atoms with van der Waals surface area (Å²) in [6, 6.07) is 18.9. The molecule has 0 atom stereocenters. The lowest BCUT2D eigenvalue weighted by Gasteiger charge is -2.14. The van der Waals surface area contributed by atoms with Crippen LogP contribution in [0.2, 0.25) is 5.02 Å². The third-order valence-corrected chi connectivity index (χ3v) is 3.88. The molecule has 0 aliphatic rings. The molecule has 0 unspecified atom stereocenters. The molecule has 5 heteroatoms. The molecule has 24 heavy (non-hydrogen) atoms. The Balaban J connectivity index is 2.18. The first kappa shape index (κ1) is 15.9. The molecular formula is C19H15ClN4. The summed E-state index contributed by atoms with van der Waals surface area (Å²) >= 11 is 6.61. The van der Waals surface area contributed by atoms with Crippen molar-refractivity contribution in [2.75, 3.05) is 5.32 Å². The molecule has 0 aliphatic carbocycles. The molecule has 3 aromatic rings. The summed E-state index contributed by atoms with van der Waals surface area (Å²) < 4.78 is 0. The predicted molar refractivity (Wildman–Crippen MR) is 98.7 cm³/mol. The number of nitrogens with one attached hydrogen (secondary N) is 2. The van der Waals surface area contributed by atoms with Gasteiger partial charge in [0.25, 0.3) is 0 Å². The van der Waals surface area contributed by atoms with E-state index < -0.39 is 0 Å². The summed E-state index contributed by atoms with van der Waals surface area (Å²) in [5.41, 5.74) is 2.91. The maximum Gasteiger partial charge on any atom is 0.163 e. The Hall–Kier alpha value is -2.98. The SMILES string of the molecule is C=CNc1nnc(-c2ccccc2)c(Cl)c1C(=N)c1ccccc1. The van der Waals surface area contributed by atoms with Gasteiger partial charge in [-0.05, 0) is 6.20 Å². The maximum absolute atomic E-state index is 8.56. The Labute approximate surface area is 145 Å². The molecule has 0 saturated heterocycles. The fraction of sp³-hybridized carbons (Fsp3) is 0. The summed E-state index contributed by atoms with van der Waals surface area (Å²) in [4.78, 5) is 0. The second kappa shape index (κ2) is 7.06. The molecule has 118 valence electrons. The second-order valence-electron chi connectivity index (χ2n) is 5.04. The maximum atomic E-state index is 8.56. The van der Waals surface area contributed by atoms with Gasteiger partial charge in [-0.15, -0.1) is 10.2 Å². The summed E-state index contributed by atoms with van der Waals surface area (Å²) in [5.74, 6) is 0.406. The number of benzene rings is 2. The van der Waals surface area contributed by atoms with Crippen LogP contribution in [0.1, 0.15) is 11.1 Å². The third kappa shape index (κ3) is 3.05. The van der Waals surface area contributed by atoms with Crippen molar-refractivity contribution in [3.63, 3.8) is 0 Å². The highest BCUT2D eigenvalue weighted by molar-refractivity contribution is 6.38. The first-order valence-corrected chi connectivity index (χ1v) is 7.73. The van der Waals surface area contributed by atoms with Crippen LogP contribution in [0, 0.1) is 5.41 Å². The van der Waals surface area contributed by atoms with Gasteiger partial charge in [-0.1, -0.05) is 78.8 Å². The van der Waals surface area contributed by atoms with Crippen molar-refractivity contribution in [3.8, 4) is 11.3 Å². The number of anilines is 1. The lowest BCUT2D eigenvalue weighted by molar-refractivity contribution is 1.04. The van der Waals surface area contributed by atoms with Gasteiger partial charge >= 0.3 is 0 Å². The molecule has 0 saturated carbocycles. The molecule has 0 radical (unpaired) electrons. The summed E-state index contributed by atoms with van der Waals surface area (Å²) in [5, 5.41) is 20.3. The zero-order chi connectivity index (χ0) is 16.9. The van der Waals surface area contributed by atoms with E-state index in [4.69, 9.17) is 17.0 Å². The molecule has 0 fully saturated rings. The van der Waals surface area contributed by atoms with E-state index in [1.54, 1.807) is 0 Å². The largest absolute Gasteiger partial charge is 0.345 e. The first-order valence-electron chi connectivity index (χ1n) is 7.35. The Morgan fingerprint density at radius 1 is 1.00 bits per heavy atom. The third-order valence-electron chi connectivity index (χ3n) is 3.51. The van der Waals surface area contributed by atoms with E-state index in [1.165, 1.54) is 6.20 Å². The van der Waals surface area contributed by atoms with Crippen molar-refractivity contribution in [1.82, 2.24) is 10.2 Å². The van der Waals surface area contributed by atoms with Gasteiger partial charge in [0.1, 0.15) is 5.69 Å². The Morgan fingerprint density at radius 2 is 1.62 bits per heavy atom. The van der Waals surface area contributed by atoms with Gasteiger partial charge in [0.15, 0.2) is 5.82 Å². The molecular weight excluding hydrogens is 320 g/mol. The number of aromatic nitrogens is 2. The van der Waals surface area contributed by atoms with E-state index in [9.17, 15) is 0 Å². The van der Waals surface area contributed by atoms with Crippen LogP contribution < -0.4 is 5.32 Å². The lowest BCUT2D eigenvalue weighted by atomic mass is 10.0. The Kier molecular flexibility index (Phi) is 4.68. The van der Waals surface area contributed by atoms with E-state index in [0.29, 0.717) is 22.1 Å². The lowest BCUT2D eigenvalue weighted by Crippen LogP contribution is -2.10. The molecule has 4 nitrogen and oxygen atoms in total. The van der Waals surface area contributed by atoms with Crippen molar-refractivity contribution in [2.24, 2.45) is 0 Å². The fourth-order valence-electron chi connectivity index (χ4n) is 2.37.